The van der Waals surface area contributed by atoms with Gasteiger partial charge in [0.1, 0.15) is 5.82 Å². The molecule has 172 valence electrons. The number of aromatic nitrogens is 1. The second kappa shape index (κ2) is 10.1. The monoisotopic (exact) mass is 496 g/mol. The molecular formula is C22H17Cl2F3N4O2. The van der Waals surface area contributed by atoms with Crippen LogP contribution in [0.15, 0.2) is 60.8 Å². The maximum absolute atomic E-state index is 13.0. The van der Waals surface area contributed by atoms with E-state index >= 15 is 0 Å². The maximum atomic E-state index is 13.0. The number of benzene rings is 2. The number of carbonyl (C=O) groups excluding carboxylic acids is 2. The summed E-state index contributed by atoms with van der Waals surface area (Å²) in [6.45, 7) is -0.335. The smallest absolute Gasteiger partial charge is 0.340 e. The van der Waals surface area contributed by atoms with Crippen LogP contribution in [0.1, 0.15) is 15.9 Å². The molecule has 0 spiro atoms. The first-order valence-electron chi connectivity index (χ1n) is 9.45. The third-order valence-electron chi connectivity index (χ3n) is 4.45. The summed E-state index contributed by atoms with van der Waals surface area (Å²) in [7, 11) is 1.40. The molecule has 0 unspecified atom stereocenters. The van der Waals surface area contributed by atoms with Crippen LogP contribution in [0.2, 0.25) is 10.0 Å². The van der Waals surface area contributed by atoms with Gasteiger partial charge in [-0.1, -0.05) is 35.3 Å². The Kier molecular flexibility index (Phi) is 7.45. The Balaban J connectivity index is 1.75. The average molecular weight is 497 g/mol. The van der Waals surface area contributed by atoms with E-state index in [-0.39, 0.29) is 39.3 Å². The van der Waals surface area contributed by atoms with Crippen molar-refractivity contribution in [2.24, 2.45) is 0 Å². The van der Waals surface area contributed by atoms with E-state index in [4.69, 9.17) is 23.2 Å². The van der Waals surface area contributed by atoms with E-state index in [9.17, 15) is 22.8 Å². The van der Waals surface area contributed by atoms with E-state index in [0.717, 1.165) is 17.0 Å². The molecule has 0 fully saturated rings. The molecule has 33 heavy (non-hydrogen) atoms. The molecule has 1 aromatic heterocycles. The predicted molar refractivity (Wildman–Crippen MR) is 121 cm³/mol. The van der Waals surface area contributed by atoms with Gasteiger partial charge in [-0.15, -0.1) is 0 Å². The summed E-state index contributed by atoms with van der Waals surface area (Å²) >= 11 is 12.1. The standard InChI is InChI=1S/C22H17Cl2F3N4O2/c1-31(12-18(32)30-19-16(23)8-3-9-17(19)24)21(33)15-7-4-10-28-20(15)29-14-6-2-5-13(11-14)22(25,26)27/h2-11H,12H2,1H3,(H,28,29)(H,30,32). The second-order valence-corrected chi connectivity index (χ2v) is 7.72. The van der Waals surface area contributed by atoms with Gasteiger partial charge in [0, 0.05) is 18.9 Å². The Morgan fingerprint density at radius 2 is 1.70 bits per heavy atom. The number of para-hydroxylation sites is 1. The molecule has 11 heteroatoms. The van der Waals surface area contributed by atoms with Crippen molar-refractivity contribution in [3.63, 3.8) is 0 Å². The van der Waals surface area contributed by atoms with Crippen molar-refractivity contribution in [1.82, 2.24) is 9.88 Å². The zero-order valence-corrected chi connectivity index (χ0v) is 18.6. The van der Waals surface area contributed by atoms with E-state index in [2.05, 4.69) is 15.6 Å². The molecule has 0 aliphatic carbocycles. The molecule has 0 bridgehead atoms. The van der Waals surface area contributed by atoms with Crippen molar-refractivity contribution >= 4 is 52.2 Å². The van der Waals surface area contributed by atoms with Gasteiger partial charge in [-0.3, -0.25) is 9.59 Å². The lowest BCUT2D eigenvalue weighted by Crippen LogP contribution is -2.35. The summed E-state index contributed by atoms with van der Waals surface area (Å²) < 4.78 is 39.0. The van der Waals surface area contributed by atoms with Gasteiger partial charge in [0.25, 0.3) is 5.91 Å². The molecule has 2 amide bonds. The fourth-order valence-corrected chi connectivity index (χ4v) is 3.37. The van der Waals surface area contributed by atoms with Gasteiger partial charge in [0.2, 0.25) is 5.91 Å². The minimum absolute atomic E-state index is 0.0447. The summed E-state index contributed by atoms with van der Waals surface area (Å²) in [5.74, 6) is -1.07. The van der Waals surface area contributed by atoms with Gasteiger partial charge in [-0.05, 0) is 42.5 Å². The molecule has 2 aromatic carbocycles. The number of anilines is 3. The van der Waals surface area contributed by atoms with Crippen LogP contribution in [-0.4, -0.2) is 35.3 Å². The molecular weight excluding hydrogens is 480 g/mol. The molecule has 2 N–H and O–H groups in total. The zero-order chi connectivity index (χ0) is 24.2. The quantitative estimate of drug-likeness (QED) is 0.448. The Hall–Kier alpha value is -3.30. The van der Waals surface area contributed by atoms with E-state index in [1.165, 1.54) is 37.5 Å². The summed E-state index contributed by atoms with van der Waals surface area (Å²) in [4.78, 5) is 30.5. The van der Waals surface area contributed by atoms with E-state index in [1.54, 1.807) is 18.2 Å². The predicted octanol–water partition coefficient (Wildman–Crippen LogP) is 5.86. The molecule has 3 aromatic rings. The van der Waals surface area contributed by atoms with Gasteiger partial charge in [-0.2, -0.15) is 13.2 Å². The van der Waals surface area contributed by atoms with Crippen LogP contribution in [0, 0.1) is 0 Å². The highest BCUT2D eigenvalue weighted by molar-refractivity contribution is 6.39. The molecule has 3 rings (SSSR count). The normalized spacial score (nSPS) is 11.1. The van der Waals surface area contributed by atoms with Crippen LogP contribution in [-0.2, 0) is 11.0 Å². The fraction of sp³-hybridized carbons (Fsp3) is 0.136. The number of nitrogens with zero attached hydrogens (tertiary/aromatic N) is 2. The number of pyridine rings is 1. The summed E-state index contributed by atoms with van der Waals surface area (Å²) in [5, 5.41) is 5.77. The Bertz CT molecular complexity index is 1170. The SMILES string of the molecule is CN(CC(=O)Nc1c(Cl)cccc1Cl)C(=O)c1cccnc1Nc1cccc(C(F)(F)F)c1. The highest BCUT2D eigenvalue weighted by Gasteiger charge is 2.30. The van der Waals surface area contributed by atoms with Crippen molar-refractivity contribution in [2.45, 2.75) is 6.18 Å². The largest absolute Gasteiger partial charge is 0.416 e. The third-order valence-corrected chi connectivity index (χ3v) is 5.08. The number of halogens is 5. The van der Waals surface area contributed by atoms with Crippen molar-refractivity contribution < 1.29 is 22.8 Å². The lowest BCUT2D eigenvalue weighted by atomic mass is 10.1. The fourth-order valence-electron chi connectivity index (χ4n) is 2.88. The van der Waals surface area contributed by atoms with Crippen LogP contribution in [0.4, 0.5) is 30.4 Å². The first kappa shape index (κ1) is 24.3. The minimum Gasteiger partial charge on any atom is -0.340 e. The van der Waals surface area contributed by atoms with Crippen LogP contribution in [0.3, 0.4) is 0 Å². The number of amides is 2. The molecule has 0 aliphatic rings. The first-order valence-corrected chi connectivity index (χ1v) is 10.2. The summed E-state index contributed by atoms with van der Waals surface area (Å²) in [5.41, 5.74) is -0.449. The molecule has 0 aliphatic heterocycles. The number of alkyl halides is 3. The van der Waals surface area contributed by atoms with Crippen LogP contribution < -0.4 is 10.6 Å². The number of likely N-dealkylation sites (N-methyl/N-ethyl adjacent to an activating group) is 1. The molecule has 1 heterocycles. The summed E-state index contributed by atoms with van der Waals surface area (Å²) in [6.07, 6.45) is -3.13. The van der Waals surface area contributed by atoms with Crippen molar-refractivity contribution in [1.29, 1.82) is 0 Å². The number of nitrogens with one attached hydrogen (secondary N) is 2. The second-order valence-electron chi connectivity index (χ2n) is 6.91. The number of hydrogen-bond acceptors (Lipinski definition) is 4. The van der Waals surface area contributed by atoms with Gasteiger partial charge in [0.05, 0.1) is 33.4 Å². The van der Waals surface area contributed by atoms with Crippen molar-refractivity contribution in [3.8, 4) is 0 Å². The van der Waals surface area contributed by atoms with Gasteiger partial charge in [0.15, 0.2) is 0 Å². The maximum Gasteiger partial charge on any atom is 0.416 e. The van der Waals surface area contributed by atoms with Crippen LogP contribution >= 0.6 is 23.2 Å². The Morgan fingerprint density at radius 3 is 2.36 bits per heavy atom. The molecule has 6 nitrogen and oxygen atoms in total. The third kappa shape index (κ3) is 6.15. The lowest BCUT2D eigenvalue weighted by molar-refractivity contribution is -0.137. The molecule has 0 saturated carbocycles. The van der Waals surface area contributed by atoms with E-state index < -0.39 is 23.6 Å². The van der Waals surface area contributed by atoms with Crippen LogP contribution in [0.5, 0.6) is 0 Å². The highest BCUT2D eigenvalue weighted by Crippen LogP contribution is 2.32. The Labute approximate surface area is 197 Å². The average Bonchev–Trinajstić information content (AvgIpc) is 2.76. The lowest BCUT2D eigenvalue weighted by Gasteiger charge is -2.19. The van der Waals surface area contributed by atoms with Gasteiger partial charge >= 0.3 is 6.18 Å². The number of rotatable bonds is 6. The van der Waals surface area contributed by atoms with Crippen molar-refractivity contribution in [2.75, 3.05) is 24.2 Å². The van der Waals surface area contributed by atoms with Gasteiger partial charge < -0.3 is 15.5 Å². The Morgan fingerprint density at radius 1 is 1.03 bits per heavy atom. The van der Waals surface area contributed by atoms with E-state index in [0.29, 0.717) is 0 Å². The van der Waals surface area contributed by atoms with Gasteiger partial charge in [-0.25, -0.2) is 4.98 Å². The summed E-state index contributed by atoms with van der Waals surface area (Å²) in [6, 6.07) is 12.2. The molecule has 0 saturated heterocycles. The highest BCUT2D eigenvalue weighted by atomic mass is 35.5. The number of hydrogen-bond donors (Lipinski definition) is 2. The van der Waals surface area contributed by atoms with Crippen molar-refractivity contribution in [3.05, 3.63) is 82.0 Å². The topological polar surface area (TPSA) is 74.3 Å². The molecule has 0 atom stereocenters. The molecule has 0 radical (unpaired) electrons. The first-order chi connectivity index (χ1) is 15.6. The number of carbonyl (C=O) groups is 2. The van der Waals surface area contributed by atoms with E-state index in [1.807, 2.05) is 0 Å². The minimum atomic E-state index is -4.52. The zero-order valence-electron chi connectivity index (χ0n) is 17.1. The van der Waals surface area contributed by atoms with Crippen LogP contribution in [0.25, 0.3) is 0 Å².